The number of carbonyl (C=O) groups is 1. The molecule has 1 aliphatic heterocycles. The maximum atomic E-state index is 11.4. The molecule has 1 N–H and O–H groups in total. The van der Waals surface area contributed by atoms with Gasteiger partial charge >= 0.3 is 0 Å². The van der Waals surface area contributed by atoms with Crippen molar-refractivity contribution in [1.29, 1.82) is 5.26 Å². The van der Waals surface area contributed by atoms with Gasteiger partial charge in [0, 0.05) is 12.1 Å². The molecule has 0 amide bonds. The normalized spacial score (nSPS) is 24.8. The maximum Gasteiger partial charge on any atom is 0.203 e. The van der Waals surface area contributed by atoms with Crippen LogP contribution in [0.3, 0.4) is 0 Å². The number of likely N-dealkylation sites (N-methyl/N-ethyl adjacent to an activating group) is 1. The molecule has 1 rings (SSSR count). The minimum atomic E-state index is -1.07. The van der Waals surface area contributed by atoms with Crippen LogP contribution in [0, 0.1) is 11.3 Å². The van der Waals surface area contributed by atoms with Crippen molar-refractivity contribution in [2.75, 3.05) is 13.1 Å². The minimum Gasteiger partial charge on any atom is -0.371 e. The van der Waals surface area contributed by atoms with Crippen molar-refractivity contribution >= 4 is 5.78 Å². The Bertz CT molecular complexity index is 301. The maximum absolute atomic E-state index is 11.4. The van der Waals surface area contributed by atoms with E-state index < -0.39 is 6.23 Å². The zero-order chi connectivity index (χ0) is 10.0. The number of aliphatic hydroxyl groups is 1. The lowest BCUT2D eigenvalue weighted by atomic mass is 10.00. The number of ketones is 1. The van der Waals surface area contributed by atoms with Gasteiger partial charge in [0.1, 0.15) is 0 Å². The Balaban J connectivity index is 3.02. The average Bonchev–Trinajstić information content (AvgIpc) is 2.15. The van der Waals surface area contributed by atoms with E-state index in [1.807, 2.05) is 13.0 Å². The fourth-order valence-corrected chi connectivity index (χ4v) is 1.32. The van der Waals surface area contributed by atoms with E-state index in [2.05, 4.69) is 0 Å². The van der Waals surface area contributed by atoms with Crippen molar-refractivity contribution in [3.63, 3.8) is 0 Å². The van der Waals surface area contributed by atoms with Crippen LogP contribution in [-0.2, 0) is 4.79 Å². The van der Waals surface area contributed by atoms with E-state index in [0.717, 1.165) is 0 Å². The van der Waals surface area contributed by atoms with Crippen molar-refractivity contribution in [3.8, 4) is 6.07 Å². The number of nitrogens with zero attached hydrogens (tertiary/aromatic N) is 2. The van der Waals surface area contributed by atoms with Gasteiger partial charge < -0.3 is 5.11 Å². The molecule has 0 aliphatic carbocycles. The third-order valence-electron chi connectivity index (χ3n) is 2.30. The Morgan fingerprint density at radius 2 is 2.38 bits per heavy atom. The Labute approximate surface area is 77.1 Å². The van der Waals surface area contributed by atoms with Crippen molar-refractivity contribution in [2.45, 2.75) is 20.1 Å². The predicted molar refractivity (Wildman–Crippen MR) is 46.6 cm³/mol. The molecule has 0 saturated heterocycles. The molecule has 0 radical (unpaired) electrons. The Kier molecular flexibility index (Phi) is 2.81. The Hall–Kier alpha value is -1.18. The van der Waals surface area contributed by atoms with Gasteiger partial charge in [-0.1, -0.05) is 6.92 Å². The van der Waals surface area contributed by atoms with Crippen LogP contribution in [0.5, 0.6) is 0 Å². The molecule has 0 aromatic heterocycles. The van der Waals surface area contributed by atoms with Crippen LogP contribution in [-0.4, -0.2) is 35.1 Å². The number of Topliss-reactive ketones (excluding diaryl/α,β-unsaturated/α-hetero) is 1. The van der Waals surface area contributed by atoms with Crippen molar-refractivity contribution in [3.05, 3.63) is 11.1 Å². The lowest BCUT2D eigenvalue weighted by Gasteiger charge is -2.29. The molecule has 0 spiro atoms. The molecule has 0 fully saturated rings. The molecule has 70 valence electrons. The smallest absolute Gasteiger partial charge is 0.203 e. The van der Waals surface area contributed by atoms with Crippen molar-refractivity contribution < 1.29 is 9.90 Å². The monoisotopic (exact) mass is 180 g/mol. The second-order valence-electron chi connectivity index (χ2n) is 3.02. The van der Waals surface area contributed by atoms with Crippen LogP contribution < -0.4 is 0 Å². The van der Waals surface area contributed by atoms with Gasteiger partial charge in [0.15, 0.2) is 6.23 Å². The summed E-state index contributed by atoms with van der Waals surface area (Å²) in [6.07, 6.45) is -1.07. The molecule has 0 bridgehead atoms. The van der Waals surface area contributed by atoms with Gasteiger partial charge in [0.2, 0.25) is 5.78 Å². The Morgan fingerprint density at radius 3 is 2.85 bits per heavy atom. The van der Waals surface area contributed by atoms with Crippen LogP contribution in [0.15, 0.2) is 11.1 Å². The molecule has 1 aliphatic rings. The van der Waals surface area contributed by atoms with Crippen molar-refractivity contribution in [2.24, 2.45) is 0 Å². The fraction of sp³-hybridized carbons (Fsp3) is 0.556. The van der Waals surface area contributed by atoms with Crippen LogP contribution in [0.25, 0.3) is 0 Å². The molecule has 13 heavy (non-hydrogen) atoms. The summed E-state index contributed by atoms with van der Waals surface area (Å²) in [6.45, 7) is 4.35. The number of hydrogen-bond donors (Lipinski definition) is 1. The lowest BCUT2D eigenvalue weighted by Crippen LogP contribution is -2.46. The first kappa shape index (κ1) is 9.90. The third kappa shape index (κ3) is 1.62. The first-order valence-electron chi connectivity index (χ1n) is 4.18. The molecule has 4 heteroatoms. The standard InChI is InChI=1S/C9H12N2O2/c1-3-11-5-7(4-10)6(2)8(12)9(11)13/h9,13H,3,5H2,1-2H3. The second-order valence-corrected chi connectivity index (χ2v) is 3.02. The number of rotatable bonds is 1. The Morgan fingerprint density at radius 1 is 1.77 bits per heavy atom. The zero-order valence-corrected chi connectivity index (χ0v) is 7.74. The molecule has 0 aromatic rings. The summed E-state index contributed by atoms with van der Waals surface area (Å²) >= 11 is 0. The zero-order valence-electron chi connectivity index (χ0n) is 7.74. The summed E-state index contributed by atoms with van der Waals surface area (Å²) in [4.78, 5) is 12.9. The largest absolute Gasteiger partial charge is 0.371 e. The van der Waals surface area contributed by atoms with E-state index in [1.165, 1.54) is 0 Å². The SMILES string of the molecule is CCN1CC(C#N)=C(C)C(=O)C1O. The first-order chi connectivity index (χ1) is 6.11. The van der Waals surface area contributed by atoms with Gasteiger partial charge in [-0.25, -0.2) is 0 Å². The summed E-state index contributed by atoms with van der Waals surface area (Å²) in [5.41, 5.74) is 0.844. The predicted octanol–water partition coefficient (Wildman–Crippen LogP) is 0.0495. The average molecular weight is 180 g/mol. The first-order valence-corrected chi connectivity index (χ1v) is 4.18. The van der Waals surface area contributed by atoms with E-state index in [-0.39, 0.29) is 5.78 Å². The molecule has 1 atom stereocenters. The van der Waals surface area contributed by atoms with Gasteiger partial charge in [-0.15, -0.1) is 0 Å². The highest BCUT2D eigenvalue weighted by molar-refractivity contribution is 6.00. The van der Waals surface area contributed by atoms with Gasteiger partial charge in [-0.3, -0.25) is 9.69 Å². The van der Waals surface area contributed by atoms with Crippen LogP contribution in [0.4, 0.5) is 0 Å². The molecule has 4 nitrogen and oxygen atoms in total. The van der Waals surface area contributed by atoms with E-state index >= 15 is 0 Å². The van der Waals surface area contributed by atoms with Crippen LogP contribution >= 0.6 is 0 Å². The minimum absolute atomic E-state index is 0.357. The van der Waals surface area contributed by atoms with Gasteiger partial charge in [-0.05, 0) is 13.5 Å². The summed E-state index contributed by atoms with van der Waals surface area (Å²) in [6, 6.07) is 1.97. The van der Waals surface area contributed by atoms with E-state index in [4.69, 9.17) is 5.26 Å². The summed E-state index contributed by atoms with van der Waals surface area (Å²) in [5, 5.41) is 18.2. The van der Waals surface area contributed by atoms with E-state index in [9.17, 15) is 9.90 Å². The van der Waals surface area contributed by atoms with E-state index in [0.29, 0.717) is 24.2 Å². The van der Waals surface area contributed by atoms with Crippen LogP contribution in [0.1, 0.15) is 13.8 Å². The van der Waals surface area contributed by atoms with Gasteiger partial charge in [-0.2, -0.15) is 5.26 Å². The van der Waals surface area contributed by atoms with Crippen LogP contribution in [0.2, 0.25) is 0 Å². The van der Waals surface area contributed by atoms with E-state index in [1.54, 1.807) is 11.8 Å². The molecule has 1 heterocycles. The topological polar surface area (TPSA) is 64.3 Å². The third-order valence-corrected chi connectivity index (χ3v) is 2.30. The molecular formula is C9H12N2O2. The number of nitriles is 1. The summed E-state index contributed by atoms with van der Waals surface area (Å²) < 4.78 is 0. The highest BCUT2D eigenvalue weighted by Crippen LogP contribution is 2.17. The summed E-state index contributed by atoms with van der Waals surface area (Å²) in [5.74, 6) is -0.357. The highest BCUT2D eigenvalue weighted by Gasteiger charge is 2.30. The number of aliphatic hydroxyl groups excluding tert-OH is 1. The highest BCUT2D eigenvalue weighted by atomic mass is 16.3. The fourth-order valence-electron chi connectivity index (χ4n) is 1.32. The van der Waals surface area contributed by atoms with Gasteiger partial charge in [0.25, 0.3) is 0 Å². The lowest BCUT2D eigenvalue weighted by molar-refractivity contribution is -0.133. The molecule has 0 saturated carbocycles. The number of hydrogen-bond acceptors (Lipinski definition) is 4. The second kappa shape index (κ2) is 3.69. The number of carbonyl (C=O) groups excluding carboxylic acids is 1. The van der Waals surface area contributed by atoms with Gasteiger partial charge in [0.05, 0.1) is 11.6 Å². The summed E-state index contributed by atoms with van der Waals surface area (Å²) in [7, 11) is 0. The van der Waals surface area contributed by atoms with Crippen molar-refractivity contribution in [1.82, 2.24) is 4.90 Å². The molecule has 1 unspecified atom stereocenters. The molecular weight excluding hydrogens is 168 g/mol. The molecule has 0 aromatic carbocycles. The quantitative estimate of drug-likeness (QED) is 0.619.